The molecule has 1 aromatic carbocycles. The lowest BCUT2D eigenvalue weighted by Crippen LogP contribution is -2.08. The number of hydrogen-bond acceptors (Lipinski definition) is 2. The molecular formula is C9H6ClFO3. The van der Waals surface area contributed by atoms with E-state index in [0.29, 0.717) is 0 Å². The molecule has 0 amide bonds. The van der Waals surface area contributed by atoms with Crippen LogP contribution in [-0.4, -0.2) is 16.9 Å². The summed E-state index contributed by atoms with van der Waals surface area (Å²) in [5.41, 5.74) is -0.292. The van der Waals surface area contributed by atoms with Crippen LogP contribution in [0.4, 0.5) is 4.39 Å². The number of halogens is 2. The van der Waals surface area contributed by atoms with E-state index in [2.05, 4.69) is 0 Å². The zero-order chi connectivity index (χ0) is 10.7. The molecular weight excluding hydrogens is 211 g/mol. The van der Waals surface area contributed by atoms with E-state index in [1.54, 1.807) is 0 Å². The van der Waals surface area contributed by atoms with Gasteiger partial charge in [-0.25, -0.2) is 4.39 Å². The third kappa shape index (κ3) is 2.29. The maximum Gasteiger partial charge on any atom is 0.311 e. The number of carboxylic acid groups (broad SMARTS) is 1. The molecule has 0 aliphatic rings. The molecule has 0 atom stereocenters. The van der Waals surface area contributed by atoms with E-state index < -0.39 is 24.0 Å². The van der Waals surface area contributed by atoms with E-state index in [0.717, 1.165) is 0 Å². The molecule has 0 fully saturated rings. The van der Waals surface area contributed by atoms with Gasteiger partial charge in [0.05, 0.1) is 10.6 Å². The van der Waals surface area contributed by atoms with Gasteiger partial charge in [-0.1, -0.05) is 17.7 Å². The van der Waals surface area contributed by atoms with Crippen LogP contribution in [0, 0.1) is 5.82 Å². The van der Waals surface area contributed by atoms with Crippen LogP contribution in [0.15, 0.2) is 18.2 Å². The van der Waals surface area contributed by atoms with Crippen molar-refractivity contribution in [3.63, 3.8) is 0 Å². The Morgan fingerprint density at radius 2 is 2.07 bits per heavy atom. The normalized spacial score (nSPS) is 9.86. The number of ketones is 1. The summed E-state index contributed by atoms with van der Waals surface area (Å²) in [4.78, 5) is 21.4. The monoisotopic (exact) mass is 216 g/mol. The standard InChI is InChI=1S/C9H6ClFO3/c10-6-3-1-2-5(9(6)11)7(12)4-8(13)14/h1-3H,4H2,(H,13,14). The van der Waals surface area contributed by atoms with Crippen LogP contribution in [0.2, 0.25) is 5.02 Å². The third-order valence-corrected chi connectivity index (χ3v) is 1.86. The quantitative estimate of drug-likeness (QED) is 0.622. The van der Waals surface area contributed by atoms with Crippen molar-refractivity contribution in [2.24, 2.45) is 0 Å². The van der Waals surface area contributed by atoms with Crippen molar-refractivity contribution in [3.8, 4) is 0 Å². The Kier molecular flexibility index (Phi) is 3.19. The zero-order valence-electron chi connectivity index (χ0n) is 6.96. The molecule has 0 radical (unpaired) electrons. The molecule has 1 aromatic rings. The van der Waals surface area contributed by atoms with E-state index in [1.165, 1.54) is 18.2 Å². The number of carbonyl (C=O) groups excluding carboxylic acids is 1. The van der Waals surface area contributed by atoms with E-state index in [-0.39, 0.29) is 10.6 Å². The number of carbonyl (C=O) groups is 2. The van der Waals surface area contributed by atoms with Crippen LogP contribution >= 0.6 is 11.6 Å². The highest BCUT2D eigenvalue weighted by Crippen LogP contribution is 2.18. The first-order chi connectivity index (χ1) is 6.52. The van der Waals surface area contributed by atoms with Crippen molar-refractivity contribution in [2.45, 2.75) is 6.42 Å². The van der Waals surface area contributed by atoms with Gasteiger partial charge in [-0.15, -0.1) is 0 Å². The molecule has 1 N–H and O–H groups in total. The summed E-state index contributed by atoms with van der Waals surface area (Å²) in [6.45, 7) is 0. The molecule has 0 aromatic heterocycles. The molecule has 14 heavy (non-hydrogen) atoms. The zero-order valence-corrected chi connectivity index (χ0v) is 7.71. The first-order valence-electron chi connectivity index (χ1n) is 3.71. The second kappa shape index (κ2) is 4.19. The molecule has 0 saturated carbocycles. The molecule has 0 bridgehead atoms. The van der Waals surface area contributed by atoms with Gasteiger partial charge in [0.2, 0.25) is 0 Å². The number of benzene rings is 1. The van der Waals surface area contributed by atoms with Crippen LogP contribution in [0.25, 0.3) is 0 Å². The number of Topliss-reactive ketones (excluding diaryl/α,β-unsaturated/α-hetero) is 1. The van der Waals surface area contributed by atoms with Crippen molar-refractivity contribution in [1.82, 2.24) is 0 Å². The van der Waals surface area contributed by atoms with Crippen LogP contribution in [0.3, 0.4) is 0 Å². The lowest BCUT2D eigenvalue weighted by molar-refractivity contribution is -0.135. The Balaban J connectivity index is 3.01. The summed E-state index contributed by atoms with van der Waals surface area (Å²) in [7, 11) is 0. The van der Waals surface area contributed by atoms with Gasteiger partial charge in [-0.3, -0.25) is 9.59 Å². The first-order valence-corrected chi connectivity index (χ1v) is 4.09. The van der Waals surface area contributed by atoms with Crippen LogP contribution in [0.5, 0.6) is 0 Å². The summed E-state index contributed by atoms with van der Waals surface area (Å²) in [5.74, 6) is -2.97. The topological polar surface area (TPSA) is 54.4 Å². The predicted octanol–water partition coefficient (Wildman–Crippen LogP) is 2.14. The Morgan fingerprint density at radius 1 is 1.43 bits per heavy atom. The van der Waals surface area contributed by atoms with Gasteiger partial charge >= 0.3 is 5.97 Å². The Hall–Kier alpha value is -1.42. The van der Waals surface area contributed by atoms with Crippen LogP contribution in [0.1, 0.15) is 16.8 Å². The molecule has 0 saturated heterocycles. The average Bonchev–Trinajstić information content (AvgIpc) is 2.08. The molecule has 3 nitrogen and oxygen atoms in total. The highest BCUT2D eigenvalue weighted by Gasteiger charge is 2.16. The summed E-state index contributed by atoms with van der Waals surface area (Å²) in [6, 6.07) is 3.88. The number of aliphatic carboxylic acids is 1. The second-order valence-corrected chi connectivity index (χ2v) is 3.00. The van der Waals surface area contributed by atoms with Crippen molar-refractivity contribution < 1.29 is 19.1 Å². The van der Waals surface area contributed by atoms with Crippen molar-refractivity contribution in [2.75, 3.05) is 0 Å². The van der Waals surface area contributed by atoms with Gasteiger partial charge in [0.15, 0.2) is 11.6 Å². The second-order valence-electron chi connectivity index (χ2n) is 2.60. The fourth-order valence-corrected chi connectivity index (χ4v) is 1.13. The predicted molar refractivity (Wildman–Crippen MR) is 48.0 cm³/mol. The molecule has 0 heterocycles. The fraction of sp³-hybridized carbons (Fsp3) is 0.111. The smallest absolute Gasteiger partial charge is 0.311 e. The van der Waals surface area contributed by atoms with Gasteiger partial charge in [0, 0.05) is 0 Å². The van der Waals surface area contributed by atoms with Gasteiger partial charge in [0.25, 0.3) is 0 Å². The van der Waals surface area contributed by atoms with Gasteiger partial charge in [-0.05, 0) is 12.1 Å². The minimum absolute atomic E-state index is 0.193. The van der Waals surface area contributed by atoms with Gasteiger partial charge in [0.1, 0.15) is 6.42 Å². The maximum absolute atomic E-state index is 13.2. The summed E-state index contributed by atoms with van der Waals surface area (Å²) < 4.78 is 13.2. The van der Waals surface area contributed by atoms with E-state index >= 15 is 0 Å². The molecule has 0 unspecified atom stereocenters. The molecule has 1 rings (SSSR count). The molecule has 74 valence electrons. The van der Waals surface area contributed by atoms with Crippen molar-refractivity contribution in [1.29, 1.82) is 0 Å². The average molecular weight is 217 g/mol. The van der Waals surface area contributed by atoms with E-state index in [4.69, 9.17) is 16.7 Å². The third-order valence-electron chi connectivity index (χ3n) is 1.56. The van der Waals surface area contributed by atoms with Crippen LogP contribution in [-0.2, 0) is 4.79 Å². The molecule has 0 aliphatic carbocycles. The number of carboxylic acids is 1. The minimum Gasteiger partial charge on any atom is -0.481 e. The highest BCUT2D eigenvalue weighted by molar-refractivity contribution is 6.31. The molecule has 5 heteroatoms. The van der Waals surface area contributed by atoms with Crippen molar-refractivity contribution in [3.05, 3.63) is 34.6 Å². The summed E-state index contributed by atoms with van der Waals surface area (Å²) in [5, 5.41) is 8.14. The van der Waals surface area contributed by atoms with Gasteiger partial charge in [-0.2, -0.15) is 0 Å². The lowest BCUT2D eigenvalue weighted by Gasteiger charge is -2.00. The SMILES string of the molecule is O=C(O)CC(=O)c1cccc(Cl)c1F. The Morgan fingerprint density at radius 3 is 2.64 bits per heavy atom. The maximum atomic E-state index is 13.2. The Labute approximate surface area is 84.1 Å². The molecule has 0 aliphatic heterocycles. The first kappa shape index (κ1) is 10.7. The lowest BCUT2D eigenvalue weighted by atomic mass is 10.1. The largest absolute Gasteiger partial charge is 0.481 e. The van der Waals surface area contributed by atoms with E-state index in [1.807, 2.05) is 0 Å². The fourth-order valence-electron chi connectivity index (χ4n) is 0.952. The summed E-state index contributed by atoms with van der Waals surface area (Å²) >= 11 is 5.42. The minimum atomic E-state index is -1.30. The number of rotatable bonds is 3. The Bertz CT molecular complexity index is 390. The highest BCUT2D eigenvalue weighted by atomic mass is 35.5. The van der Waals surface area contributed by atoms with E-state index in [9.17, 15) is 14.0 Å². The summed E-state index contributed by atoms with van der Waals surface area (Å²) in [6.07, 6.45) is -0.739. The van der Waals surface area contributed by atoms with Crippen molar-refractivity contribution >= 4 is 23.4 Å². The number of hydrogen-bond donors (Lipinski definition) is 1. The van der Waals surface area contributed by atoms with Crippen LogP contribution < -0.4 is 0 Å². The van der Waals surface area contributed by atoms with Gasteiger partial charge < -0.3 is 5.11 Å². The molecule has 0 spiro atoms.